The van der Waals surface area contributed by atoms with Gasteiger partial charge in [0.25, 0.3) is 0 Å². The summed E-state index contributed by atoms with van der Waals surface area (Å²) in [5.41, 5.74) is 9.16. The molecular formula is C25H26N6O2. The number of hydroxylamine groups is 1. The fourth-order valence-electron chi connectivity index (χ4n) is 4.53. The lowest BCUT2D eigenvalue weighted by Crippen LogP contribution is -2.33. The van der Waals surface area contributed by atoms with E-state index in [1.165, 1.54) is 34.9 Å². The van der Waals surface area contributed by atoms with Gasteiger partial charge in [0.1, 0.15) is 24.0 Å². The SMILES string of the molecule is COc1nc(C2=NC(c3cn(C)c4ccc(C5CC5)cc34)CON2)ccc1-n1cnc(C)c1. The second kappa shape index (κ2) is 7.74. The zero-order valence-corrected chi connectivity index (χ0v) is 18.9. The standard InChI is InChI=1S/C25H26N6O2/c1-15-11-31(14-26-15)23-9-7-20(28-25(23)32-3)24-27-21(13-33-29-24)19-12-30(2)22-8-6-17(10-18(19)22)16-4-5-16/h6-12,14,16,21H,4-5,13H2,1-3H3,(H,27,29). The highest BCUT2D eigenvalue weighted by molar-refractivity contribution is 5.97. The molecular weight excluding hydrogens is 416 g/mol. The molecule has 1 unspecified atom stereocenters. The molecule has 4 aromatic rings. The first kappa shape index (κ1) is 20.0. The molecule has 1 fully saturated rings. The zero-order chi connectivity index (χ0) is 22.5. The van der Waals surface area contributed by atoms with E-state index in [9.17, 15) is 0 Å². The van der Waals surface area contributed by atoms with Crippen LogP contribution in [-0.4, -0.2) is 38.7 Å². The lowest BCUT2D eigenvalue weighted by atomic mass is 10.0. The Morgan fingerprint density at radius 3 is 2.79 bits per heavy atom. The van der Waals surface area contributed by atoms with Crippen LogP contribution in [0.5, 0.6) is 5.88 Å². The maximum Gasteiger partial charge on any atom is 0.238 e. The van der Waals surface area contributed by atoms with E-state index in [0.717, 1.165) is 11.4 Å². The van der Waals surface area contributed by atoms with Crippen LogP contribution >= 0.6 is 0 Å². The van der Waals surface area contributed by atoms with Gasteiger partial charge in [0.2, 0.25) is 5.88 Å². The number of ether oxygens (including phenoxy) is 1. The third-order valence-corrected chi connectivity index (χ3v) is 6.41. The van der Waals surface area contributed by atoms with Crippen molar-refractivity contribution in [3.05, 3.63) is 71.6 Å². The van der Waals surface area contributed by atoms with Crippen molar-refractivity contribution < 1.29 is 9.57 Å². The van der Waals surface area contributed by atoms with E-state index < -0.39 is 0 Å². The molecule has 1 aliphatic carbocycles. The summed E-state index contributed by atoms with van der Waals surface area (Å²) >= 11 is 0. The third-order valence-electron chi connectivity index (χ3n) is 6.41. The van der Waals surface area contributed by atoms with Gasteiger partial charge in [-0.15, -0.1) is 0 Å². The molecule has 8 heteroatoms. The molecule has 1 N–H and O–H groups in total. The van der Waals surface area contributed by atoms with Crippen molar-refractivity contribution in [2.75, 3.05) is 13.7 Å². The van der Waals surface area contributed by atoms with E-state index in [1.807, 2.05) is 29.8 Å². The molecule has 3 aromatic heterocycles. The van der Waals surface area contributed by atoms with Crippen LogP contribution in [0.3, 0.4) is 0 Å². The number of nitrogens with zero attached hydrogens (tertiary/aromatic N) is 5. The maximum absolute atomic E-state index is 5.76. The van der Waals surface area contributed by atoms with Gasteiger partial charge in [-0.05, 0) is 55.5 Å². The van der Waals surface area contributed by atoms with E-state index >= 15 is 0 Å². The van der Waals surface area contributed by atoms with Gasteiger partial charge in [-0.1, -0.05) is 6.07 Å². The first-order valence-electron chi connectivity index (χ1n) is 11.2. The molecule has 1 saturated carbocycles. The normalized spacial score (nSPS) is 18.3. The molecule has 1 aliphatic heterocycles. The van der Waals surface area contributed by atoms with Crippen LogP contribution in [0.25, 0.3) is 16.6 Å². The smallest absolute Gasteiger partial charge is 0.238 e. The first-order chi connectivity index (χ1) is 16.1. The summed E-state index contributed by atoms with van der Waals surface area (Å²) in [5.74, 6) is 1.80. The van der Waals surface area contributed by atoms with Gasteiger partial charge < -0.3 is 13.9 Å². The van der Waals surface area contributed by atoms with Crippen molar-refractivity contribution >= 4 is 16.7 Å². The molecule has 0 saturated heterocycles. The van der Waals surface area contributed by atoms with Gasteiger partial charge in [0, 0.05) is 35.9 Å². The molecule has 0 radical (unpaired) electrons. The molecule has 0 amide bonds. The fourth-order valence-corrected chi connectivity index (χ4v) is 4.53. The average Bonchev–Trinajstić information content (AvgIpc) is 3.53. The number of amidine groups is 1. The minimum Gasteiger partial charge on any atom is -0.479 e. The van der Waals surface area contributed by atoms with E-state index in [2.05, 4.69) is 46.5 Å². The van der Waals surface area contributed by atoms with Crippen LogP contribution < -0.4 is 10.2 Å². The number of methoxy groups -OCH3 is 1. The summed E-state index contributed by atoms with van der Waals surface area (Å²) in [6, 6.07) is 10.6. The number of imidazole rings is 1. The van der Waals surface area contributed by atoms with Gasteiger partial charge in [0.15, 0.2) is 5.84 Å². The quantitative estimate of drug-likeness (QED) is 0.506. The predicted octanol–water partition coefficient (Wildman–Crippen LogP) is 3.98. The van der Waals surface area contributed by atoms with Gasteiger partial charge in [-0.25, -0.2) is 15.4 Å². The van der Waals surface area contributed by atoms with Gasteiger partial charge in [-0.3, -0.25) is 9.83 Å². The average molecular weight is 443 g/mol. The Hall–Kier alpha value is -3.65. The van der Waals surface area contributed by atoms with E-state index in [4.69, 9.17) is 19.6 Å². The Bertz CT molecular complexity index is 1380. The molecule has 0 bridgehead atoms. The number of benzene rings is 1. The molecule has 6 rings (SSSR count). The number of aryl methyl sites for hydroxylation is 2. The van der Waals surface area contributed by atoms with Crippen molar-refractivity contribution in [3.8, 4) is 11.6 Å². The number of pyridine rings is 1. The number of nitrogens with one attached hydrogen (secondary N) is 1. The minimum atomic E-state index is -0.122. The van der Waals surface area contributed by atoms with Crippen molar-refractivity contribution in [2.24, 2.45) is 12.0 Å². The Kier molecular flexibility index (Phi) is 4.69. The van der Waals surface area contributed by atoms with E-state index in [1.54, 1.807) is 13.4 Å². The predicted molar refractivity (Wildman–Crippen MR) is 126 cm³/mol. The second-order valence-electron chi connectivity index (χ2n) is 8.80. The molecule has 2 aliphatic rings. The highest BCUT2D eigenvalue weighted by Gasteiger charge is 2.27. The summed E-state index contributed by atoms with van der Waals surface area (Å²) in [6.45, 7) is 2.41. The zero-order valence-electron chi connectivity index (χ0n) is 18.9. The Balaban J connectivity index is 1.37. The number of aromatic nitrogens is 4. The number of aliphatic imine (C=N–C) groups is 1. The molecule has 4 heterocycles. The molecule has 168 valence electrons. The molecule has 0 spiro atoms. The molecule has 1 atom stereocenters. The van der Waals surface area contributed by atoms with E-state index in [0.29, 0.717) is 29.9 Å². The topological polar surface area (TPSA) is 78.5 Å². The number of hydrogen-bond acceptors (Lipinski definition) is 6. The molecule has 8 nitrogen and oxygen atoms in total. The first-order valence-corrected chi connectivity index (χ1v) is 11.2. The van der Waals surface area contributed by atoms with Crippen molar-refractivity contribution in [1.82, 2.24) is 24.6 Å². The van der Waals surface area contributed by atoms with Crippen molar-refractivity contribution in [1.29, 1.82) is 0 Å². The van der Waals surface area contributed by atoms with Crippen LogP contribution in [0.2, 0.25) is 0 Å². The van der Waals surface area contributed by atoms with Crippen LogP contribution in [0.15, 0.2) is 54.0 Å². The summed E-state index contributed by atoms with van der Waals surface area (Å²) < 4.78 is 9.63. The van der Waals surface area contributed by atoms with Crippen molar-refractivity contribution in [2.45, 2.75) is 31.7 Å². The van der Waals surface area contributed by atoms with Gasteiger partial charge in [-0.2, -0.15) is 0 Å². The van der Waals surface area contributed by atoms with Crippen LogP contribution in [-0.2, 0) is 11.9 Å². The van der Waals surface area contributed by atoms with Gasteiger partial charge >= 0.3 is 0 Å². The van der Waals surface area contributed by atoms with Crippen LogP contribution in [0.1, 0.15) is 47.3 Å². The van der Waals surface area contributed by atoms with Crippen molar-refractivity contribution in [3.63, 3.8) is 0 Å². The summed E-state index contributed by atoms with van der Waals surface area (Å²) in [5, 5.41) is 1.25. The Morgan fingerprint density at radius 2 is 2.03 bits per heavy atom. The monoisotopic (exact) mass is 442 g/mol. The molecule has 1 aromatic carbocycles. The largest absolute Gasteiger partial charge is 0.479 e. The maximum atomic E-state index is 5.76. The number of fused-ring (bicyclic) bond motifs is 1. The number of hydrogen-bond donors (Lipinski definition) is 1. The Morgan fingerprint density at radius 1 is 1.15 bits per heavy atom. The van der Waals surface area contributed by atoms with Gasteiger partial charge in [0.05, 0.1) is 19.1 Å². The lowest BCUT2D eigenvalue weighted by molar-refractivity contribution is 0.0623. The fraction of sp³-hybridized carbons (Fsp3) is 0.320. The van der Waals surface area contributed by atoms with E-state index in [-0.39, 0.29) is 6.04 Å². The Labute approximate surface area is 191 Å². The third kappa shape index (κ3) is 3.56. The summed E-state index contributed by atoms with van der Waals surface area (Å²) in [4.78, 5) is 19.7. The number of rotatable bonds is 5. The molecule has 33 heavy (non-hydrogen) atoms. The lowest BCUT2D eigenvalue weighted by Gasteiger charge is -2.22. The minimum absolute atomic E-state index is 0.122. The summed E-state index contributed by atoms with van der Waals surface area (Å²) in [6.07, 6.45) is 8.43. The highest BCUT2D eigenvalue weighted by atomic mass is 16.6. The second-order valence-corrected chi connectivity index (χ2v) is 8.80. The summed E-state index contributed by atoms with van der Waals surface area (Å²) in [7, 11) is 3.69. The highest BCUT2D eigenvalue weighted by Crippen LogP contribution is 2.42. The van der Waals surface area contributed by atoms with Crippen LogP contribution in [0.4, 0.5) is 0 Å². The van der Waals surface area contributed by atoms with Crippen LogP contribution in [0, 0.1) is 6.92 Å².